The minimum absolute atomic E-state index is 0.0945. The molecule has 1 aromatic rings. The topological polar surface area (TPSA) is 35.5 Å². The van der Waals surface area contributed by atoms with E-state index < -0.39 is 8.32 Å². The quantitative estimate of drug-likeness (QED) is 0.531. The highest BCUT2D eigenvalue weighted by Gasteiger charge is 2.38. The number of esters is 1. The van der Waals surface area contributed by atoms with Crippen LogP contribution in [0.4, 0.5) is 0 Å². The lowest BCUT2D eigenvalue weighted by atomic mass is 9.85. The van der Waals surface area contributed by atoms with Crippen LogP contribution in [0, 0.1) is 0 Å². The maximum atomic E-state index is 11.7. The summed E-state index contributed by atoms with van der Waals surface area (Å²) in [6.07, 6.45) is 0. The summed E-state index contributed by atoms with van der Waals surface area (Å²) in [5, 5.41) is 0.205. The van der Waals surface area contributed by atoms with Crippen molar-refractivity contribution in [2.75, 3.05) is 13.2 Å². The number of ether oxygens (including phenoxy) is 1. The second kappa shape index (κ2) is 7.18. The molecule has 3 nitrogen and oxygen atoms in total. The zero-order chi connectivity index (χ0) is 17.9. The molecule has 0 spiro atoms. The Morgan fingerprint density at radius 1 is 1.04 bits per heavy atom. The number of carbonyl (C=O) groups is 1. The lowest BCUT2D eigenvalue weighted by molar-refractivity contribution is 0.0526. The summed E-state index contributed by atoms with van der Waals surface area (Å²) in [7, 11) is -1.76. The Morgan fingerprint density at radius 3 is 2.00 bits per heavy atom. The van der Waals surface area contributed by atoms with Crippen LogP contribution in [0.15, 0.2) is 24.3 Å². The van der Waals surface area contributed by atoms with Crippen LogP contribution in [-0.2, 0) is 14.6 Å². The molecule has 0 heterocycles. The van der Waals surface area contributed by atoms with E-state index in [1.165, 1.54) is 5.56 Å². The predicted molar refractivity (Wildman–Crippen MR) is 98.6 cm³/mol. The zero-order valence-corrected chi connectivity index (χ0v) is 16.9. The summed E-state index contributed by atoms with van der Waals surface area (Å²) in [6.45, 7) is 18.5. The highest BCUT2D eigenvalue weighted by atomic mass is 28.4. The first-order chi connectivity index (χ1) is 10.4. The lowest BCUT2D eigenvalue weighted by Crippen LogP contribution is -2.43. The molecule has 0 radical (unpaired) electrons. The highest BCUT2D eigenvalue weighted by molar-refractivity contribution is 6.74. The van der Waals surface area contributed by atoms with Gasteiger partial charge in [0.15, 0.2) is 8.32 Å². The van der Waals surface area contributed by atoms with Gasteiger partial charge in [-0.1, -0.05) is 46.8 Å². The van der Waals surface area contributed by atoms with Crippen molar-refractivity contribution in [1.82, 2.24) is 0 Å². The van der Waals surface area contributed by atoms with Crippen molar-refractivity contribution >= 4 is 14.3 Å². The summed E-state index contributed by atoms with van der Waals surface area (Å²) in [5.41, 5.74) is 1.67. The minimum atomic E-state index is -1.76. The summed E-state index contributed by atoms with van der Waals surface area (Å²) >= 11 is 0. The van der Waals surface area contributed by atoms with Gasteiger partial charge in [-0.3, -0.25) is 0 Å². The van der Waals surface area contributed by atoms with Crippen molar-refractivity contribution < 1.29 is 14.0 Å². The molecule has 0 aliphatic heterocycles. The molecular formula is C19H32O3Si. The Bertz CT molecular complexity index is 525. The van der Waals surface area contributed by atoms with E-state index in [-0.39, 0.29) is 16.4 Å². The summed E-state index contributed by atoms with van der Waals surface area (Å²) in [5.74, 6) is -0.269. The number of rotatable bonds is 6. The average Bonchev–Trinajstić information content (AvgIpc) is 2.45. The number of carbonyl (C=O) groups excluding carboxylic acids is 1. The van der Waals surface area contributed by atoms with Gasteiger partial charge in [0.05, 0.1) is 12.2 Å². The number of benzene rings is 1. The zero-order valence-electron chi connectivity index (χ0n) is 15.9. The van der Waals surface area contributed by atoms with Crippen molar-refractivity contribution in [3.63, 3.8) is 0 Å². The molecule has 0 aliphatic carbocycles. The molecule has 0 amide bonds. The van der Waals surface area contributed by atoms with E-state index >= 15 is 0 Å². The maximum absolute atomic E-state index is 11.7. The standard InChI is InChI=1S/C19H32O3Si/c1-9-21-17(20)15-10-12-16(13-11-15)19(5,6)14-22-23(7,8)18(2,3)4/h10-13H,9,14H2,1-8H3. The predicted octanol–water partition coefficient (Wildman–Crippen LogP) is 5.16. The first-order valence-electron chi connectivity index (χ1n) is 8.32. The third-order valence-corrected chi connectivity index (χ3v) is 9.26. The van der Waals surface area contributed by atoms with Gasteiger partial charge in [0.1, 0.15) is 0 Å². The van der Waals surface area contributed by atoms with E-state index in [1.807, 2.05) is 31.2 Å². The van der Waals surface area contributed by atoms with Crippen LogP contribution < -0.4 is 0 Å². The van der Waals surface area contributed by atoms with Crippen molar-refractivity contribution in [3.05, 3.63) is 35.4 Å². The Morgan fingerprint density at radius 2 is 1.57 bits per heavy atom. The van der Waals surface area contributed by atoms with Crippen molar-refractivity contribution in [1.29, 1.82) is 0 Å². The molecule has 0 unspecified atom stereocenters. The molecule has 0 bridgehead atoms. The van der Waals surface area contributed by atoms with E-state index in [9.17, 15) is 4.79 Å². The van der Waals surface area contributed by atoms with Gasteiger partial charge < -0.3 is 9.16 Å². The normalized spacial score (nSPS) is 13.0. The van der Waals surface area contributed by atoms with Crippen LogP contribution in [0.1, 0.15) is 57.5 Å². The highest BCUT2D eigenvalue weighted by Crippen LogP contribution is 2.38. The summed E-state index contributed by atoms with van der Waals surface area (Å²) in [4.78, 5) is 11.7. The van der Waals surface area contributed by atoms with Crippen LogP contribution >= 0.6 is 0 Å². The van der Waals surface area contributed by atoms with Crippen LogP contribution in [0.2, 0.25) is 18.1 Å². The van der Waals surface area contributed by atoms with Crippen molar-refractivity contribution in [2.24, 2.45) is 0 Å². The third-order valence-electron chi connectivity index (χ3n) is 4.78. The van der Waals surface area contributed by atoms with Crippen LogP contribution in [-0.4, -0.2) is 27.5 Å². The van der Waals surface area contributed by atoms with Crippen molar-refractivity contribution in [3.8, 4) is 0 Å². The van der Waals surface area contributed by atoms with Gasteiger partial charge >= 0.3 is 5.97 Å². The number of hydrogen-bond donors (Lipinski definition) is 0. The average molecular weight is 337 g/mol. The molecule has 0 aliphatic rings. The molecule has 130 valence electrons. The molecular weight excluding hydrogens is 304 g/mol. The lowest BCUT2D eigenvalue weighted by Gasteiger charge is -2.39. The smallest absolute Gasteiger partial charge is 0.338 e. The van der Waals surface area contributed by atoms with E-state index in [1.54, 1.807) is 0 Å². The monoisotopic (exact) mass is 336 g/mol. The molecule has 0 fully saturated rings. The first kappa shape index (κ1) is 19.9. The fraction of sp³-hybridized carbons (Fsp3) is 0.632. The van der Waals surface area contributed by atoms with Gasteiger partial charge in [-0.15, -0.1) is 0 Å². The van der Waals surface area contributed by atoms with E-state index in [0.29, 0.717) is 18.8 Å². The van der Waals surface area contributed by atoms with Crippen LogP contribution in [0.3, 0.4) is 0 Å². The molecule has 0 saturated heterocycles. The van der Waals surface area contributed by atoms with Crippen LogP contribution in [0.25, 0.3) is 0 Å². The second-order valence-corrected chi connectivity index (χ2v) is 13.0. The van der Waals surface area contributed by atoms with Gasteiger partial charge in [-0.25, -0.2) is 4.79 Å². The first-order valence-corrected chi connectivity index (χ1v) is 11.2. The van der Waals surface area contributed by atoms with Gasteiger partial charge in [0, 0.05) is 12.0 Å². The van der Waals surface area contributed by atoms with Crippen molar-refractivity contribution in [2.45, 2.75) is 65.1 Å². The minimum Gasteiger partial charge on any atom is -0.462 e. The Labute approximate surface area is 142 Å². The van der Waals surface area contributed by atoms with Gasteiger partial charge in [-0.05, 0) is 42.8 Å². The fourth-order valence-electron chi connectivity index (χ4n) is 1.93. The Balaban J connectivity index is 2.82. The van der Waals surface area contributed by atoms with E-state index in [2.05, 4.69) is 47.7 Å². The molecule has 23 heavy (non-hydrogen) atoms. The molecule has 4 heteroatoms. The molecule has 0 saturated carbocycles. The van der Waals surface area contributed by atoms with Crippen LogP contribution in [0.5, 0.6) is 0 Å². The van der Waals surface area contributed by atoms with E-state index in [0.717, 1.165) is 0 Å². The molecule has 1 rings (SSSR count). The Kier molecular flexibility index (Phi) is 6.22. The van der Waals surface area contributed by atoms with Gasteiger partial charge in [0.2, 0.25) is 0 Å². The molecule has 0 aromatic heterocycles. The van der Waals surface area contributed by atoms with E-state index in [4.69, 9.17) is 9.16 Å². The molecule has 1 aromatic carbocycles. The SMILES string of the molecule is CCOC(=O)c1ccc(C(C)(C)CO[Si](C)(C)C(C)(C)C)cc1. The Hall–Kier alpha value is -1.13. The largest absolute Gasteiger partial charge is 0.462 e. The van der Waals surface area contributed by atoms with Gasteiger partial charge in [0.25, 0.3) is 0 Å². The second-order valence-electron chi connectivity index (χ2n) is 8.23. The fourth-order valence-corrected chi connectivity index (χ4v) is 3.09. The molecule has 0 N–H and O–H groups in total. The summed E-state index contributed by atoms with van der Waals surface area (Å²) in [6, 6.07) is 7.67. The summed E-state index contributed by atoms with van der Waals surface area (Å²) < 4.78 is 11.4. The number of hydrogen-bond acceptors (Lipinski definition) is 3. The maximum Gasteiger partial charge on any atom is 0.338 e. The third kappa shape index (κ3) is 5.18. The van der Waals surface area contributed by atoms with Gasteiger partial charge in [-0.2, -0.15) is 0 Å². The molecule has 0 atom stereocenters.